The Kier molecular flexibility index (Phi) is 2.99. The van der Waals surface area contributed by atoms with Crippen LogP contribution in [0, 0.1) is 0 Å². The third-order valence-electron chi connectivity index (χ3n) is 1.97. The first-order valence-corrected chi connectivity index (χ1v) is 4.99. The van der Waals surface area contributed by atoms with Gasteiger partial charge in [-0.3, -0.25) is 9.89 Å². The molecule has 0 saturated heterocycles. The van der Waals surface area contributed by atoms with E-state index >= 15 is 0 Å². The first-order chi connectivity index (χ1) is 8.22. The van der Waals surface area contributed by atoms with Crippen LogP contribution >= 0.6 is 0 Å². The maximum absolute atomic E-state index is 11.6. The van der Waals surface area contributed by atoms with Crippen molar-refractivity contribution in [1.29, 1.82) is 0 Å². The molecule has 88 valence electrons. The number of rotatable bonds is 3. The molecule has 1 N–H and O–H groups in total. The number of hydrogen-bond acceptors (Lipinski definition) is 5. The molecule has 0 saturated carbocycles. The van der Waals surface area contributed by atoms with Crippen LogP contribution in [-0.2, 0) is 4.74 Å². The second-order valence-corrected chi connectivity index (χ2v) is 3.11. The van der Waals surface area contributed by atoms with Gasteiger partial charge in [-0.25, -0.2) is 14.8 Å². The number of nitrogens with zero attached hydrogens (tertiary/aromatic N) is 3. The van der Waals surface area contributed by atoms with E-state index in [1.54, 1.807) is 13.0 Å². The number of carbonyl (C=O) groups is 1. The summed E-state index contributed by atoms with van der Waals surface area (Å²) in [6, 6.07) is 2.78. The van der Waals surface area contributed by atoms with Crippen molar-refractivity contribution < 1.29 is 9.53 Å². The molecule has 0 aliphatic rings. The minimum absolute atomic E-state index is 0.0734. The number of H-pyrrole nitrogens is 1. The largest absolute Gasteiger partial charge is 0.461 e. The fraction of sp³-hybridized carbons (Fsp3) is 0.200. The summed E-state index contributed by atoms with van der Waals surface area (Å²) in [5.74, 6) is -0.410. The van der Waals surface area contributed by atoms with E-state index in [1.165, 1.54) is 12.4 Å². The maximum Gasteiger partial charge on any atom is 0.356 e. The summed E-state index contributed by atoms with van der Waals surface area (Å²) in [6.07, 6.45) is 3.00. The number of aromatic nitrogens is 4. The molecule has 0 atom stereocenters. The summed E-state index contributed by atoms with van der Waals surface area (Å²) in [4.78, 5) is 30.8. The molecule has 0 fully saturated rings. The summed E-state index contributed by atoms with van der Waals surface area (Å²) < 4.78 is 5.84. The summed E-state index contributed by atoms with van der Waals surface area (Å²) in [6.45, 7) is 1.93. The topological polar surface area (TPSA) is 89.9 Å². The first kappa shape index (κ1) is 11.1. The van der Waals surface area contributed by atoms with Crippen LogP contribution in [0.15, 0.2) is 29.3 Å². The number of esters is 1. The summed E-state index contributed by atoms with van der Waals surface area (Å²) >= 11 is 0. The van der Waals surface area contributed by atoms with Gasteiger partial charge in [0.15, 0.2) is 0 Å². The zero-order valence-corrected chi connectivity index (χ0v) is 9.08. The van der Waals surface area contributed by atoms with Gasteiger partial charge < -0.3 is 4.74 Å². The molecule has 0 amide bonds. The minimum atomic E-state index is -0.584. The maximum atomic E-state index is 11.6. The molecule has 0 spiro atoms. The highest BCUT2D eigenvalue weighted by atomic mass is 16.5. The number of nitrogens with one attached hydrogen (secondary N) is 1. The fourth-order valence-electron chi connectivity index (χ4n) is 1.26. The molecule has 0 aliphatic heterocycles. The molecule has 2 aromatic rings. The molecule has 0 unspecified atom stereocenters. The van der Waals surface area contributed by atoms with E-state index in [0.29, 0.717) is 0 Å². The van der Waals surface area contributed by atoms with Crippen molar-refractivity contribution in [3.63, 3.8) is 0 Å². The number of aromatic amines is 1. The van der Waals surface area contributed by atoms with Gasteiger partial charge in [-0.05, 0) is 13.0 Å². The van der Waals surface area contributed by atoms with Crippen LogP contribution in [0.2, 0.25) is 0 Å². The van der Waals surface area contributed by atoms with Crippen molar-refractivity contribution in [1.82, 2.24) is 19.7 Å². The van der Waals surface area contributed by atoms with Crippen LogP contribution in [0.5, 0.6) is 0 Å². The van der Waals surface area contributed by atoms with Crippen molar-refractivity contribution in [2.24, 2.45) is 0 Å². The van der Waals surface area contributed by atoms with Gasteiger partial charge in [0.2, 0.25) is 0 Å². The highest BCUT2D eigenvalue weighted by molar-refractivity contribution is 5.87. The molecule has 0 aromatic carbocycles. The number of hydrogen-bond donors (Lipinski definition) is 1. The molecule has 2 heterocycles. The Morgan fingerprint density at radius 1 is 1.47 bits per heavy atom. The fourth-order valence-corrected chi connectivity index (χ4v) is 1.26. The standard InChI is InChI=1S/C10H10N4O3/c1-2-17-9(16)7-6-8(15)14(13-7)10-11-4-3-5-12-10/h3-6,13H,2H2,1H3. The van der Waals surface area contributed by atoms with Gasteiger partial charge in [-0.15, -0.1) is 0 Å². The van der Waals surface area contributed by atoms with Gasteiger partial charge in [0, 0.05) is 18.5 Å². The number of carbonyl (C=O) groups excluding carboxylic acids is 1. The van der Waals surface area contributed by atoms with Gasteiger partial charge in [0.25, 0.3) is 11.5 Å². The third-order valence-corrected chi connectivity index (χ3v) is 1.97. The van der Waals surface area contributed by atoms with E-state index in [-0.39, 0.29) is 18.2 Å². The van der Waals surface area contributed by atoms with Crippen molar-refractivity contribution in [3.05, 3.63) is 40.6 Å². The normalized spacial score (nSPS) is 10.2. The lowest BCUT2D eigenvalue weighted by Gasteiger charge is -1.99. The molecule has 17 heavy (non-hydrogen) atoms. The second-order valence-electron chi connectivity index (χ2n) is 3.11. The van der Waals surface area contributed by atoms with Crippen LogP contribution in [0.4, 0.5) is 0 Å². The van der Waals surface area contributed by atoms with E-state index in [4.69, 9.17) is 4.74 Å². The summed E-state index contributed by atoms with van der Waals surface area (Å²) in [7, 11) is 0. The van der Waals surface area contributed by atoms with Crippen LogP contribution in [0.25, 0.3) is 5.95 Å². The van der Waals surface area contributed by atoms with E-state index in [9.17, 15) is 9.59 Å². The lowest BCUT2D eigenvalue weighted by molar-refractivity contribution is 0.0519. The van der Waals surface area contributed by atoms with Crippen molar-refractivity contribution in [2.45, 2.75) is 6.92 Å². The molecule has 0 bridgehead atoms. The van der Waals surface area contributed by atoms with E-state index in [1.807, 2.05) is 0 Å². The van der Waals surface area contributed by atoms with Gasteiger partial charge in [-0.1, -0.05) is 0 Å². The van der Waals surface area contributed by atoms with Crippen LogP contribution in [0.3, 0.4) is 0 Å². The highest BCUT2D eigenvalue weighted by Crippen LogP contribution is 1.98. The Bertz CT molecular complexity index is 573. The Morgan fingerprint density at radius 2 is 2.18 bits per heavy atom. The summed E-state index contributed by atoms with van der Waals surface area (Å²) in [5, 5.41) is 2.59. The molecule has 2 aromatic heterocycles. The molecule has 0 radical (unpaired) electrons. The zero-order valence-electron chi connectivity index (χ0n) is 9.08. The van der Waals surface area contributed by atoms with Crippen LogP contribution in [0.1, 0.15) is 17.4 Å². The molecule has 7 heteroatoms. The quantitative estimate of drug-likeness (QED) is 0.762. The third kappa shape index (κ3) is 2.22. The lowest BCUT2D eigenvalue weighted by atomic mass is 10.4. The highest BCUT2D eigenvalue weighted by Gasteiger charge is 2.13. The van der Waals surface area contributed by atoms with Crippen LogP contribution in [-0.4, -0.2) is 32.3 Å². The van der Waals surface area contributed by atoms with Gasteiger partial charge in [0.05, 0.1) is 6.61 Å². The van der Waals surface area contributed by atoms with Gasteiger partial charge in [0.1, 0.15) is 5.69 Å². The van der Waals surface area contributed by atoms with Gasteiger partial charge in [-0.2, -0.15) is 4.68 Å². The van der Waals surface area contributed by atoms with Crippen molar-refractivity contribution in [3.8, 4) is 5.95 Å². The number of ether oxygens (including phenoxy) is 1. The molecular weight excluding hydrogens is 224 g/mol. The average Bonchev–Trinajstić information content (AvgIpc) is 2.73. The molecule has 2 rings (SSSR count). The van der Waals surface area contributed by atoms with Crippen molar-refractivity contribution in [2.75, 3.05) is 6.61 Å². The van der Waals surface area contributed by atoms with E-state index in [0.717, 1.165) is 10.7 Å². The first-order valence-electron chi connectivity index (χ1n) is 4.99. The minimum Gasteiger partial charge on any atom is -0.461 e. The predicted molar refractivity (Wildman–Crippen MR) is 57.9 cm³/mol. The van der Waals surface area contributed by atoms with Crippen LogP contribution < -0.4 is 5.56 Å². The average molecular weight is 234 g/mol. The molecule has 0 aliphatic carbocycles. The molecular formula is C10H10N4O3. The van der Waals surface area contributed by atoms with E-state index < -0.39 is 11.5 Å². The van der Waals surface area contributed by atoms with Gasteiger partial charge >= 0.3 is 5.97 Å². The monoisotopic (exact) mass is 234 g/mol. The molecule has 7 nitrogen and oxygen atoms in total. The second kappa shape index (κ2) is 4.60. The predicted octanol–water partition coefficient (Wildman–Crippen LogP) is 0.132. The Hall–Kier alpha value is -2.44. The van der Waals surface area contributed by atoms with E-state index in [2.05, 4.69) is 15.1 Å². The summed E-state index contributed by atoms with van der Waals surface area (Å²) in [5.41, 5.74) is -0.344. The lowest BCUT2D eigenvalue weighted by Crippen LogP contribution is -2.16. The Morgan fingerprint density at radius 3 is 2.82 bits per heavy atom. The zero-order chi connectivity index (χ0) is 12.3. The Labute approximate surface area is 96.1 Å². The van der Waals surface area contributed by atoms with Crippen molar-refractivity contribution >= 4 is 5.97 Å². The Balaban J connectivity index is 2.38. The SMILES string of the molecule is CCOC(=O)c1cc(=O)n(-c2ncccn2)[nH]1. The smallest absolute Gasteiger partial charge is 0.356 e.